The Kier molecular flexibility index (Phi) is 3.92. The molecule has 3 nitrogen and oxygen atoms in total. The minimum absolute atomic E-state index is 0.0644. The van der Waals surface area contributed by atoms with E-state index >= 15 is 0 Å². The SMILES string of the molecule is O=C(Cc1ccc(F)cc1)c1cc2c(cc1Br)OCCO2. The third kappa shape index (κ3) is 3.08. The molecule has 5 heteroatoms. The molecule has 0 fully saturated rings. The molecule has 0 saturated carbocycles. The van der Waals surface area contributed by atoms with Gasteiger partial charge in [0.2, 0.25) is 0 Å². The van der Waals surface area contributed by atoms with E-state index in [1.54, 1.807) is 24.3 Å². The van der Waals surface area contributed by atoms with E-state index in [1.165, 1.54) is 12.1 Å². The van der Waals surface area contributed by atoms with Gasteiger partial charge in [0.1, 0.15) is 19.0 Å². The lowest BCUT2D eigenvalue weighted by atomic mass is 10.0. The molecule has 0 amide bonds. The average molecular weight is 351 g/mol. The van der Waals surface area contributed by atoms with Crippen molar-refractivity contribution in [1.29, 1.82) is 0 Å². The highest BCUT2D eigenvalue weighted by Gasteiger charge is 2.18. The lowest BCUT2D eigenvalue weighted by molar-refractivity contribution is 0.0991. The van der Waals surface area contributed by atoms with E-state index in [9.17, 15) is 9.18 Å². The summed E-state index contributed by atoms with van der Waals surface area (Å²) in [6.07, 6.45) is 0.207. The molecule has 2 aromatic rings. The van der Waals surface area contributed by atoms with Gasteiger partial charge in [-0.25, -0.2) is 4.39 Å². The van der Waals surface area contributed by atoms with E-state index < -0.39 is 0 Å². The zero-order valence-electron chi connectivity index (χ0n) is 11.1. The van der Waals surface area contributed by atoms with Crippen molar-refractivity contribution in [2.24, 2.45) is 0 Å². The van der Waals surface area contributed by atoms with Crippen molar-refractivity contribution in [2.75, 3.05) is 13.2 Å². The highest BCUT2D eigenvalue weighted by atomic mass is 79.9. The molecule has 0 aliphatic carbocycles. The number of ether oxygens (including phenoxy) is 2. The second-order valence-electron chi connectivity index (χ2n) is 4.70. The van der Waals surface area contributed by atoms with Crippen LogP contribution in [0.1, 0.15) is 15.9 Å². The molecule has 1 aliphatic heterocycles. The van der Waals surface area contributed by atoms with Gasteiger partial charge in [0.05, 0.1) is 0 Å². The largest absolute Gasteiger partial charge is 0.486 e. The molecular weight excluding hydrogens is 339 g/mol. The first kappa shape index (κ1) is 14.1. The van der Waals surface area contributed by atoms with Gasteiger partial charge in [-0.1, -0.05) is 12.1 Å². The minimum atomic E-state index is -0.313. The number of benzene rings is 2. The van der Waals surface area contributed by atoms with E-state index in [4.69, 9.17) is 9.47 Å². The van der Waals surface area contributed by atoms with Crippen molar-refractivity contribution in [3.05, 3.63) is 57.8 Å². The molecule has 0 aromatic heterocycles. The van der Waals surface area contributed by atoms with Gasteiger partial charge in [0.25, 0.3) is 0 Å². The number of Topliss-reactive ketones (excluding diaryl/α,β-unsaturated/α-hetero) is 1. The van der Waals surface area contributed by atoms with Gasteiger partial charge in [-0.3, -0.25) is 4.79 Å². The fraction of sp³-hybridized carbons (Fsp3) is 0.188. The van der Waals surface area contributed by atoms with Gasteiger partial charge in [0.15, 0.2) is 17.3 Å². The van der Waals surface area contributed by atoms with Gasteiger partial charge < -0.3 is 9.47 Å². The summed E-state index contributed by atoms with van der Waals surface area (Å²) in [4.78, 5) is 12.4. The normalized spacial score (nSPS) is 13.0. The van der Waals surface area contributed by atoms with E-state index in [1.807, 2.05) is 0 Å². The Morgan fingerprint density at radius 1 is 1.10 bits per heavy atom. The predicted octanol–water partition coefficient (Wildman–Crippen LogP) is 3.78. The molecule has 1 heterocycles. The van der Waals surface area contributed by atoms with Gasteiger partial charge in [-0.15, -0.1) is 0 Å². The molecular formula is C16H12BrFO3. The monoisotopic (exact) mass is 350 g/mol. The quantitative estimate of drug-likeness (QED) is 0.790. The Labute approximate surface area is 129 Å². The smallest absolute Gasteiger partial charge is 0.168 e. The maximum absolute atomic E-state index is 12.9. The molecule has 0 saturated heterocycles. The number of rotatable bonds is 3. The second kappa shape index (κ2) is 5.85. The summed E-state index contributed by atoms with van der Waals surface area (Å²) in [7, 11) is 0. The third-order valence-corrected chi connectivity index (χ3v) is 3.87. The summed E-state index contributed by atoms with van der Waals surface area (Å²) in [5.41, 5.74) is 1.30. The van der Waals surface area contributed by atoms with Gasteiger partial charge in [0, 0.05) is 16.5 Å². The number of ketones is 1. The molecule has 0 N–H and O–H groups in total. The van der Waals surface area contributed by atoms with Gasteiger partial charge >= 0.3 is 0 Å². The molecule has 108 valence electrons. The summed E-state index contributed by atoms with van der Waals surface area (Å²) in [5.74, 6) is 0.829. The Morgan fingerprint density at radius 2 is 1.71 bits per heavy atom. The second-order valence-corrected chi connectivity index (χ2v) is 5.56. The van der Waals surface area contributed by atoms with Crippen LogP contribution in [0.4, 0.5) is 4.39 Å². The van der Waals surface area contributed by atoms with Crippen molar-refractivity contribution in [2.45, 2.75) is 6.42 Å². The van der Waals surface area contributed by atoms with E-state index in [-0.39, 0.29) is 18.0 Å². The van der Waals surface area contributed by atoms with Crippen LogP contribution >= 0.6 is 15.9 Å². The van der Waals surface area contributed by atoms with Crippen molar-refractivity contribution >= 4 is 21.7 Å². The zero-order chi connectivity index (χ0) is 14.8. The van der Waals surface area contributed by atoms with Crippen LogP contribution in [0.5, 0.6) is 11.5 Å². The maximum Gasteiger partial charge on any atom is 0.168 e. The predicted molar refractivity (Wildman–Crippen MR) is 79.6 cm³/mol. The summed E-state index contributed by atoms with van der Waals surface area (Å²) in [6, 6.07) is 9.35. The molecule has 1 aliphatic rings. The van der Waals surface area contributed by atoms with E-state index in [2.05, 4.69) is 15.9 Å². The first-order valence-electron chi connectivity index (χ1n) is 6.50. The first-order chi connectivity index (χ1) is 10.1. The number of hydrogen-bond acceptors (Lipinski definition) is 3. The third-order valence-electron chi connectivity index (χ3n) is 3.21. The number of halogens is 2. The highest BCUT2D eigenvalue weighted by molar-refractivity contribution is 9.10. The number of carbonyl (C=O) groups is 1. The van der Waals surface area contributed by atoms with Crippen LogP contribution in [0.15, 0.2) is 40.9 Å². The fourth-order valence-electron chi connectivity index (χ4n) is 2.16. The van der Waals surface area contributed by atoms with Crippen molar-refractivity contribution < 1.29 is 18.7 Å². The Balaban J connectivity index is 1.85. The van der Waals surface area contributed by atoms with Crippen molar-refractivity contribution in [3.8, 4) is 11.5 Å². The first-order valence-corrected chi connectivity index (χ1v) is 7.29. The van der Waals surface area contributed by atoms with Crippen LogP contribution in [0.25, 0.3) is 0 Å². The number of carbonyl (C=O) groups excluding carboxylic acids is 1. The minimum Gasteiger partial charge on any atom is -0.486 e. The zero-order valence-corrected chi connectivity index (χ0v) is 12.7. The number of hydrogen-bond donors (Lipinski definition) is 0. The van der Waals surface area contributed by atoms with Crippen LogP contribution in [0.3, 0.4) is 0 Å². The number of fused-ring (bicyclic) bond motifs is 1. The molecule has 0 atom stereocenters. The molecule has 0 unspecified atom stereocenters. The van der Waals surface area contributed by atoms with Crippen LogP contribution in [-0.2, 0) is 6.42 Å². The van der Waals surface area contributed by atoms with Crippen LogP contribution in [-0.4, -0.2) is 19.0 Å². The lowest BCUT2D eigenvalue weighted by Gasteiger charge is -2.19. The summed E-state index contributed by atoms with van der Waals surface area (Å²) < 4.78 is 24.5. The molecule has 3 rings (SSSR count). The van der Waals surface area contributed by atoms with Crippen LogP contribution in [0.2, 0.25) is 0 Å². The van der Waals surface area contributed by atoms with E-state index in [0.29, 0.717) is 34.7 Å². The lowest BCUT2D eigenvalue weighted by Crippen LogP contribution is -2.16. The topological polar surface area (TPSA) is 35.5 Å². The average Bonchev–Trinajstić information content (AvgIpc) is 2.49. The standard InChI is InChI=1S/C16H12BrFO3/c17-13-9-16-15(20-5-6-21-16)8-12(13)14(19)7-10-1-3-11(18)4-2-10/h1-4,8-9H,5-7H2. The van der Waals surface area contributed by atoms with Gasteiger partial charge in [-0.2, -0.15) is 0 Å². The van der Waals surface area contributed by atoms with E-state index in [0.717, 1.165) is 5.56 Å². The van der Waals surface area contributed by atoms with Crippen LogP contribution < -0.4 is 9.47 Å². The molecule has 21 heavy (non-hydrogen) atoms. The molecule has 0 radical (unpaired) electrons. The van der Waals surface area contributed by atoms with Gasteiger partial charge in [-0.05, 0) is 45.8 Å². The maximum atomic E-state index is 12.9. The molecule has 2 aromatic carbocycles. The Morgan fingerprint density at radius 3 is 2.38 bits per heavy atom. The molecule has 0 bridgehead atoms. The molecule has 0 spiro atoms. The van der Waals surface area contributed by atoms with Crippen molar-refractivity contribution in [1.82, 2.24) is 0 Å². The fourth-order valence-corrected chi connectivity index (χ4v) is 2.70. The highest BCUT2D eigenvalue weighted by Crippen LogP contribution is 2.36. The van der Waals surface area contributed by atoms with Crippen LogP contribution in [0, 0.1) is 5.82 Å². The summed E-state index contributed by atoms with van der Waals surface area (Å²) in [6.45, 7) is 0.975. The Bertz CT molecular complexity index is 683. The Hall–Kier alpha value is -1.88. The summed E-state index contributed by atoms with van der Waals surface area (Å²) >= 11 is 3.38. The summed E-state index contributed by atoms with van der Waals surface area (Å²) in [5, 5.41) is 0. The van der Waals surface area contributed by atoms with Crippen molar-refractivity contribution in [3.63, 3.8) is 0 Å².